The highest BCUT2D eigenvalue weighted by molar-refractivity contribution is 7.10. The molecule has 1 aliphatic carbocycles. The normalized spacial score (nSPS) is 24.6. The molecule has 130 valence electrons. The first-order valence-corrected chi connectivity index (χ1v) is 9.49. The molecule has 2 aliphatic rings. The van der Waals surface area contributed by atoms with Crippen molar-refractivity contribution in [3.8, 4) is 0 Å². The Kier molecular flexibility index (Phi) is 3.62. The number of anilines is 1. The fourth-order valence-electron chi connectivity index (χ4n) is 4.39. The maximum atomic E-state index is 14.0. The van der Waals surface area contributed by atoms with Crippen LogP contribution in [0.4, 0.5) is 10.2 Å². The lowest BCUT2D eigenvalue weighted by molar-refractivity contribution is -0.118. The third-order valence-corrected chi connectivity index (χ3v) is 6.36. The molecule has 5 heteroatoms. The minimum absolute atomic E-state index is 0.0855. The van der Waals surface area contributed by atoms with Gasteiger partial charge in [-0.1, -0.05) is 32.9 Å². The predicted molar refractivity (Wildman–Crippen MR) is 98.3 cm³/mol. The largest absolute Gasteiger partial charge is 0.342 e. The van der Waals surface area contributed by atoms with Gasteiger partial charge in [0.1, 0.15) is 11.6 Å². The molecule has 25 heavy (non-hydrogen) atoms. The Hall–Kier alpha value is -2.01. The average molecular weight is 356 g/mol. The van der Waals surface area contributed by atoms with Gasteiger partial charge in [-0.25, -0.2) is 9.37 Å². The highest BCUT2D eigenvalue weighted by Crippen LogP contribution is 2.55. The van der Waals surface area contributed by atoms with Crippen molar-refractivity contribution >= 4 is 22.9 Å². The number of Topliss-reactive ketones (excluding diaryl/α,β-unsaturated/α-hetero) is 1. The van der Waals surface area contributed by atoms with Gasteiger partial charge in [-0.2, -0.15) is 0 Å². The number of ketones is 1. The summed E-state index contributed by atoms with van der Waals surface area (Å²) in [7, 11) is 0. The van der Waals surface area contributed by atoms with E-state index in [1.165, 1.54) is 17.4 Å². The summed E-state index contributed by atoms with van der Waals surface area (Å²) in [6, 6.07) is 6.67. The number of allylic oxidation sites excluding steroid dienone is 2. The van der Waals surface area contributed by atoms with Gasteiger partial charge in [0.2, 0.25) is 0 Å². The van der Waals surface area contributed by atoms with Crippen LogP contribution >= 0.6 is 11.3 Å². The summed E-state index contributed by atoms with van der Waals surface area (Å²) in [6.45, 7) is 6.29. The highest BCUT2D eigenvalue weighted by Gasteiger charge is 2.50. The second-order valence-corrected chi connectivity index (χ2v) is 8.57. The summed E-state index contributed by atoms with van der Waals surface area (Å²) < 4.78 is 14.0. The molecule has 1 N–H and O–H groups in total. The number of fused-ring (bicyclic) bond motifs is 1. The van der Waals surface area contributed by atoms with E-state index in [0.29, 0.717) is 12.8 Å². The number of nitrogens with one attached hydrogen (secondary N) is 1. The van der Waals surface area contributed by atoms with Crippen LogP contribution in [0.3, 0.4) is 0 Å². The number of aromatic nitrogens is 1. The molecule has 0 amide bonds. The zero-order valence-corrected chi connectivity index (χ0v) is 15.5. The molecule has 0 radical (unpaired) electrons. The van der Waals surface area contributed by atoms with Gasteiger partial charge in [0.05, 0.1) is 15.8 Å². The minimum atomic E-state index is -0.618. The van der Waals surface area contributed by atoms with Crippen LogP contribution in [0.2, 0.25) is 0 Å². The van der Waals surface area contributed by atoms with Crippen molar-refractivity contribution in [2.45, 2.75) is 45.4 Å². The summed E-state index contributed by atoms with van der Waals surface area (Å²) in [6.07, 6.45) is 2.00. The van der Waals surface area contributed by atoms with Crippen molar-refractivity contribution in [2.24, 2.45) is 5.41 Å². The van der Waals surface area contributed by atoms with E-state index in [9.17, 15) is 9.18 Å². The number of thiazole rings is 1. The molecule has 0 spiro atoms. The lowest BCUT2D eigenvalue weighted by Gasteiger charge is -2.44. The zero-order chi connectivity index (χ0) is 17.8. The molecule has 3 nitrogen and oxygen atoms in total. The molecule has 2 heterocycles. The smallest absolute Gasteiger partial charge is 0.162 e. The van der Waals surface area contributed by atoms with E-state index in [4.69, 9.17) is 0 Å². The van der Waals surface area contributed by atoms with Crippen molar-refractivity contribution in [3.05, 3.63) is 57.3 Å². The van der Waals surface area contributed by atoms with Crippen molar-refractivity contribution < 1.29 is 9.18 Å². The van der Waals surface area contributed by atoms with Gasteiger partial charge in [-0.3, -0.25) is 4.79 Å². The molecule has 1 aliphatic heterocycles. The van der Waals surface area contributed by atoms with Gasteiger partial charge in [0, 0.05) is 17.7 Å². The maximum Gasteiger partial charge on any atom is 0.162 e. The standard InChI is InChI=1S/C20H21FN2OS/c1-4-20(12-6-5-7-13(21)8-12)16-14(9-19(2,3)10-15(16)24)23-18-17(20)25-11-22-18/h5-8,11,23H,4,9-10H2,1-3H3/t20-/m1/s1. The second-order valence-electron chi connectivity index (χ2n) is 7.72. The molecule has 0 saturated heterocycles. The highest BCUT2D eigenvalue weighted by atomic mass is 32.1. The van der Waals surface area contributed by atoms with Gasteiger partial charge in [-0.15, -0.1) is 11.3 Å². The number of nitrogens with zero attached hydrogens (tertiary/aromatic N) is 1. The van der Waals surface area contributed by atoms with Crippen LogP contribution in [0.1, 0.15) is 50.5 Å². The van der Waals surface area contributed by atoms with E-state index < -0.39 is 5.41 Å². The summed E-state index contributed by atoms with van der Waals surface area (Å²) in [5, 5.41) is 3.40. The summed E-state index contributed by atoms with van der Waals surface area (Å²) in [5.41, 5.74) is 3.69. The molecule has 0 fully saturated rings. The van der Waals surface area contributed by atoms with Crippen LogP contribution in [-0.4, -0.2) is 10.8 Å². The first kappa shape index (κ1) is 16.5. The Labute approximate surface area is 151 Å². The SMILES string of the molecule is CC[C@@]1(c2cccc(F)c2)C2=C(CC(C)(C)CC2=O)Nc2ncsc21. The van der Waals surface area contributed by atoms with E-state index in [1.807, 2.05) is 6.07 Å². The van der Waals surface area contributed by atoms with Gasteiger partial charge in [0.25, 0.3) is 0 Å². The van der Waals surface area contributed by atoms with Crippen molar-refractivity contribution in [1.82, 2.24) is 4.98 Å². The Balaban J connectivity index is 2.04. The number of carbonyl (C=O) groups is 1. The number of rotatable bonds is 2. The molecular weight excluding hydrogens is 335 g/mol. The van der Waals surface area contributed by atoms with Gasteiger partial charge in [0.15, 0.2) is 5.78 Å². The van der Waals surface area contributed by atoms with E-state index in [2.05, 4.69) is 31.1 Å². The minimum Gasteiger partial charge on any atom is -0.342 e. The van der Waals surface area contributed by atoms with Crippen molar-refractivity contribution in [2.75, 3.05) is 5.32 Å². The third-order valence-electron chi connectivity index (χ3n) is 5.37. The Morgan fingerprint density at radius 3 is 2.84 bits per heavy atom. The molecule has 1 aromatic carbocycles. The Bertz CT molecular complexity index is 899. The molecule has 0 unspecified atom stereocenters. The lowest BCUT2D eigenvalue weighted by Crippen LogP contribution is -2.43. The quantitative estimate of drug-likeness (QED) is 0.819. The Morgan fingerprint density at radius 2 is 2.12 bits per heavy atom. The fraction of sp³-hybridized carbons (Fsp3) is 0.400. The average Bonchev–Trinajstić information content (AvgIpc) is 3.00. The second kappa shape index (κ2) is 5.49. The first-order valence-electron chi connectivity index (χ1n) is 8.61. The Morgan fingerprint density at radius 1 is 1.32 bits per heavy atom. The topological polar surface area (TPSA) is 42.0 Å². The van der Waals surface area contributed by atoms with Crippen LogP contribution in [-0.2, 0) is 10.2 Å². The number of benzene rings is 1. The molecule has 1 aromatic heterocycles. The van der Waals surface area contributed by atoms with Crippen LogP contribution in [0.15, 0.2) is 41.0 Å². The van der Waals surface area contributed by atoms with E-state index >= 15 is 0 Å². The summed E-state index contributed by atoms with van der Waals surface area (Å²) in [4.78, 5) is 18.7. The lowest BCUT2D eigenvalue weighted by atomic mass is 9.62. The summed E-state index contributed by atoms with van der Waals surface area (Å²) in [5.74, 6) is 0.685. The molecule has 2 aromatic rings. The predicted octanol–water partition coefficient (Wildman–Crippen LogP) is 5.05. The number of hydrogen-bond acceptors (Lipinski definition) is 4. The van der Waals surface area contributed by atoms with Crippen molar-refractivity contribution in [1.29, 1.82) is 0 Å². The van der Waals surface area contributed by atoms with Crippen LogP contribution in [0.25, 0.3) is 0 Å². The monoisotopic (exact) mass is 356 g/mol. The third kappa shape index (κ3) is 2.36. The molecular formula is C20H21FN2OS. The molecule has 4 rings (SSSR count). The molecule has 0 saturated carbocycles. The number of halogens is 1. The van der Waals surface area contributed by atoms with Gasteiger partial charge < -0.3 is 5.32 Å². The summed E-state index contributed by atoms with van der Waals surface area (Å²) >= 11 is 1.53. The van der Waals surface area contributed by atoms with Crippen LogP contribution < -0.4 is 5.32 Å². The van der Waals surface area contributed by atoms with Crippen LogP contribution in [0.5, 0.6) is 0 Å². The fourth-order valence-corrected chi connectivity index (χ4v) is 5.43. The van der Waals surface area contributed by atoms with Gasteiger partial charge >= 0.3 is 0 Å². The first-order chi connectivity index (χ1) is 11.9. The maximum absolute atomic E-state index is 14.0. The number of hydrogen-bond donors (Lipinski definition) is 1. The van der Waals surface area contributed by atoms with E-state index in [1.54, 1.807) is 17.6 Å². The van der Waals surface area contributed by atoms with Crippen molar-refractivity contribution in [3.63, 3.8) is 0 Å². The molecule has 0 bridgehead atoms. The van der Waals surface area contributed by atoms with Crippen LogP contribution in [0, 0.1) is 11.2 Å². The number of carbonyl (C=O) groups excluding carboxylic acids is 1. The van der Waals surface area contributed by atoms with E-state index in [0.717, 1.165) is 33.9 Å². The molecule has 1 atom stereocenters. The zero-order valence-electron chi connectivity index (χ0n) is 14.6. The van der Waals surface area contributed by atoms with Gasteiger partial charge in [-0.05, 0) is 36.0 Å². The van der Waals surface area contributed by atoms with E-state index in [-0.39, 0.29) is 17.0 Å².